The predicted molar refractivity (Wildman–Crippen MR) is 52.5 cm³/mol. The molecule has 0 aromatic carbocycles. The summed E-state index contributed by atoms with van der Waals surface area (Å²) in [5, 5.41) is 3.52. The molecule has 0 aromatic rings. The van der Waals surface area contributed by atoms with E-state index in [1.54, 1.807) is 0 Å². The van der Waals surface area contributed by atoms with Gasteiger partial charge in [-0.15, -0.1) is 0 Å². The highest BCUT2D eigenvalue weighted by Gasteiger charge is 2.27. The van der Waals surface area contributed by atoms with Crippen molar-refractivity contribution in [3.05, 3.63) is 0 Å². The average Bonchev–Trinajstić information content (AvgIpc) is 2.81. The molecule has 2 atom stereocenters. The maximum Gasteiger partial charge on any atom is 0.0741 e. The summed E-state index contributed by atoms with van der Waals surface area (Å²) in [4.78, 5) is 0. The molecule has 1 aliphatic heterocycles. The molecular formula is C10H20N2O. The molecule has 13 heavy (non-hydrogen) atoms. The molecular weight excluding hydrogens is 164 g/mol. The summed E-state index contributed by atoms with van der Waals surface area (Å²) in [5.41, 5.74) is 5.72. The normalized spacial score (nSPS) is 30.7. The molecule has 2 unspecified atom stereocenters. The van der Waals surface area contributed by atoms with E-state index in [0.717, 1.165) is 19.1 Å². The van der Waals surface area contributed by atoms with E-state index >= 15 is 0 Å². The second-order valence-electron chi connectivity index (χ2n) is 4.25. The zero-order valence-electron chi connectivity index (χ0n) is 8.17. The second kappa shape index (κ2) is 4.40. The van der Waals surface area contributed by atoms with Crippen molar-refractivity contribution >= 4 is 0 Å². The summed E-state index contributed by atoms with van der Waals surface area (Å²) in [5.74, 6) is 0.926. The van der Waals surface area contributed by atoms with E-state index in [1.165, 1.54) is 25.7 Å². The number of nitrogens with one attached hydrogen (secondary N) is 1. The largest absolute Gasteiger partial charge is 0.377 e. The molecule has 1 heterocycles. The van der Waals surface area contributed by atoms with Crippen molar-refractivity contribution in [2.45, 2.75) is 37.8 Å². The van der Waals surface area contributed by atoms with Crippen LogP contribution in [0.5, 0.6) is 0 Å². The predicted octanol–water partition coefficient (Wildman–Crippen LogP) is 0.492. The van der Waals surface area contributed by atoms with Crippen molar-refractivity contribution in [1.29, 1.82) is 0 Å². The third-order valence-corrected chi connectivity index (χ3v) is 3.03. The van der Waals surface area contributed by atoms with Crippen LogP contribution in [0.25, 0.3) is 0 Å². The van der Waals surface area contributed by atoms with E-state index in [9.17, 15) is 0 Å². The van der Waals surface area contributed by atoms with E-state index in [-0.39, 0.29) is 0 Å². The highest BCUT2D eigenvalue weighted by Crippen LogP contribution is 2.28. The highest BCUT2D eigenvalue weighted by atomic mass is 16.5. The van der Waals surface area contributed by atoms with Gasteiger partial charge < -0.3 is 15.8 Å². The number of nitrogens with two attached hydrogens (primary N) is 1. The van der Waals surface area contributed by atoms with Crippen molar-refractivity contribution in [1.82, 2.24) is 5.32 Å². The lowest BCUT2D eigenvalue weighted by Crippen LogP contribution is -2.45. The summed E-state index contributed by atoms with van der Waals surface area (Å²) in [6, 6.07) is 0.392. The van der Waals surface area contributed by atoms with Crippen molar-refractivity contribution in [2.24, 2.45) is 11.7 Å². The fourth-order valence-corrected chi connectivity index (χ4v) is 1.93. The second-order valence-corrected chi connectivity index (χ2v) is 4.25. The minimum atomic E-state index is 0.378. The topological polar surface area (TPSA) is 47.3 Å². The van der Waals surface area contributed by atoms with Crippen molar-refractivity contribution in [2.75, 3.05) is 19.7 Å². The van der Waals surface area contributed by atoms with Crippen molar-refractivity contribution in [3.8, 4) is 0 Å². The van der Waals surface area contributed by atoms with E-state index in [2.05, 4.69) is 5.32 Å². The van der Waals surface area contributed by atoms with Crippen molar-refractivity contribution in [3.63, 3.8) is 0 Å². The van der Waals surface area contributed by atoms with Gasteiger partial charge in [0.05, 0.1) is 6.10 Å². The average molecular weight is 184 g/mol. The summed E-state index contributed by atoms with van der Waals surface area (Å²) in [6.45, 7) is 2.77. The van der Waals surface area contributed by atoms with Crippen LogP contribution >= 0.6 is 0 Å². The van der Waals surface area contributed by atoms with Gasteiger partial charge in [-0.1, -0.05) is 0 Å². The van der Waals surface area contributed by atoms with Crippen LogP contribution in [0.1, 0.15) is 25.7 Å². The molecule has 3 heteroatoms. The Hall–Kier alpha value is -0.120. The van der Waals surface area contributed by atoms with Gasteiger partial charge in [0.1, 0.15) is 0 Å². The fourth-order valence-electron chi connectivity index (χ4n) is 1.93. The lowest BCUT2D eigenvalue weighted by molar-refractivity contribution is 0.0804. The maximum absolute atomic E-state index is 5.72. The molecule has 0 amide bonds. The lowest BCUT2D eigenvalue weighted by Gasteiger charge is -2.22. The molecule has 3 N–H and O–H groups in total. The molecule has 0 aromatic heterocycles. The van der Waals surface area contributed by atoms with Crippen molar-refractivity contribution < 1.29 is 4.74 Å². The first kappa shape index (κ1) is 9.44. The first-order valence-electron chi connectivity index (χ1n) is 5.45. The van der Waals surface area contributed by atoms with Gasteiger partial charge in [0.25, 0.3) is 0 Å². The Morgan fingerprint density at radius 2 is 2.23 bits per heavy atom. The zero-order valence-corrected chi connectivity index (χ0v) is 8.17. The van der Waals surface area contributed by atoms with E-state index in [1.807, 2.05) is 0 Å². The van der Waals surface area contributed by atoms with Crippen LogP contribution in [0, 0.1) is 5.92 Å². The van der Waals surface area contributed by atoms with Crippen LogP contribution in [-0.4, -0.2) is 31.8 Å². The van der Waals surface area contributed by atoms with Gasteiger partial charge in [0, 0.05) is 19.2 Å². The molecule has 1 saturated carbocycles. The van der Waals surface area contributed by atoms with Crippen LogP contribution < -0.4 is 11.1 Å². The Morgan fingerprint density at radius 1 is 1.38 bits per heavy atom. The van der Waals surface area contributed by atoms with Gasteiger partial charge >= 0.3 is 0 Å². The summed E-state index contributed by atoms with van der Waals surface area (Å²) in [6.07, 6.45) is 5.56. The fraction of sp³-hybridized carbons (Fsp3) is 1.00. The molecule has 1 aliphatic carbocycles. The number of ether oxygens (including phenoxy) is 1. The van der Waals surface area contributed by atoms with Crippen LogP contribution in [0.2, 0.25) is 0 Å². The smallest absolute Gasteiger partial charge is 0.0741 e. The lowest BCUT2D eigenvalue weighted by atomic mass is 10.1. The van der Waals surface area contributed by atoms with Gasteiger partial charge in [-0.2, -0.15) is 0 Å². The van der Waals surface area contributed by atoms with E-state index in [0.29, 0.717) is 18.7 Å². The molecule has 3 nitrogen and oxygen atoms in total. The summed E-state index contributed by atoms with van der Waals surface area (Å²) >= 11 is 0. The number of hydrogen-bond acceptors (Lipinski definition) is 3. The molecule has 0 bridgehead atoms. The Bertz CT molecular complexity index is 153. The molecule has 2 fully saturated rings. The molecule has 2 rings (SSSR count). The number of hydrogen-bond donors (Lipinski definition) is 2. The van der Waals surface area contributed by atoms with Crippen LogP contribution in [0.15, 0.2) is 0 Å². The molecule has 0 radical (unpaired) electrons. The summed E-state index contributed by atoms with van der Waals surface area (Å²) in [7, 11) is 0. The molecule has 0 spiro atoms. The standard InChI is InChI=1S/C10H20N2O/c11-6-9(10-2-1-5-13-10)12-7-8-3-4-8/h8-10,12H,1-7,11H2. The van der Waals surface area contributed by atoms with Gasteiger partial charge in [-0.3, -0.25) is 0 Å². The van der Waals surface area contributed by atoms with Gasteiger partial charge in [-0.25, -0.2) is 0 Å². The van der Waals surface area contributed by atoms with Gasteiger partial charge in [0.2, 0.25) is 0 Å². The maximum atomic E-state index is 5.72. The molecule has 1 saturated heterocycles. The minimum Gasteiger partial charge on any atom is -0.377 e. The highest BCUT2D eigenvalue weighted by molar-refractivity contribution is 4.84. The SMILES string of the molecule is NCC(NCC1CC1)C1CCCO1. The molecule has 76 valence electrons. The van der Waals surface area contributed by atoms with E-state index in [4.69, 9.17) is 10.5 Å². The minimum absolute atomic E-state index is 0.378. The summed E-state index contributed by atoms with van der Waals surface area (Å²) < 4.78 is 5.62. The Labute approximate surface area is 80.0 Å². The Balaban J connectivity index is 1.70. The monoisotopic (exact) mass is 184 g/mol. The van der Waals surface area contributed by atoms with Crippen LogP contribution in [-0.2, 0) is 4.74 Å². The number of rotatable bonds is 5. The van der Waals surface area contributed by atoms with Crippen LogP contribution in [0.3, 0.4) is 0 Å². The quantitative estimate of drug-likeness (QED) is 0.654. The van der Waals surface area contributed by atoms with Gasteiger partial charge in [-0.05, 0) is 38.1 Å². The third kappa shape index (κ3) is 2.66. The first-order chi connectivity index (χ1) is 6.40. The third-order valence-electron chi connectivity index (χ3n) is 3.03. The zero-order chi connectivity index (χ0) is 9.10. The Kier molecular flexibility index (Phi) is 3.19. The van der Waals surface area contributed by atoms with E-state index < -0.39 is 0 Å². The van der Waals surface area contributed by atoms with Crippen LogP contribution in [0.4, 0.5) is 0 Å². The molecule has 2 aliphatic rings. The Morgan fingerprint density at radius 3 is 2.77 bits per heavy atom. The van der Waals surface area contributed by atoms with Gasteiger partial charge in [0.15, 0.2) is 0 Å². The first-order valence-corrected chi connectivity index (χ1v) is 5.45.